The number of benzene rings is 2. The van der Waals surface area contributed by atoms with Gasteiger partial charge in [-0.25, -0.2) is 0 Å². The average molecular weight is 430 g/mol. The second-order valence-corrected chi connectivity index (χ2v) is 8.15. The lowest BCUT2D eigenvalue weighted by atomic mass is 9.87. The number of rotatable bonds is 11. The van der Waals surface area contributed by atoms with Gasteiger partial charge >= 0.3 is 0 Å². The van der Waals surface area contributed by atoms with E-state index in [2.05, 4.69) is 12.2 Å². The average Bonchev–Trinajstić information content (AvgIpc) is 2.72. The van der Waals surface area contributed by atoms with Gasteiger partial charge in [0.1, 0.15) is 23.0 Å². The van der Waals surface area contributed by atoms with Crippen molar-refractivity contribution in [2.75, 3.05) is 5.32 Å². The van der Waals surface area contributed by atoms with Crippen molar-refractivity contribution in [2.45, 2.75) is 78.1 Å². The number of nitrogens with one attached hydrogen (secondary N) is 1. The molecular formula is C25H35NO5. The molecule has 0 spiro atoms. The van der Waals surface area contributed by atoms with Gasteiger partial charge in [-0.1, -0.05) is 46.0 Å². The standard InChI is InChI=1S/C25H35NO5/c1-4-6-7-8-9-10-11-25(31)26-20-15-23(29)19(14-24(20)30)17(5-2)18-13-21(27)16(3)12-22(18)28/h12-15,17,27-30H,4-11H2,1-3H3,(H,26,31). The summed E-state index contributed by atoms with van der Waals surface area (Å²) in [7, 11) is 0. The third-order valence-corrected chi connectivity index (χ3v) is 5.68. The largest absolute Gasteiger partial charge is 0.508 e. The Kier molecular flexibility index (Phi) is 9.03. The van der Waals surface area contributed by atoms with Gasteiger partial charge in [0.25, 0.3) is 0 Å². The van der Waals surface area contributed by atoms with Crippen LogP contribution < -0.4 is 5.32 Å². The van der Waals surface area contributed by atoms with E-state index < -0.39 is 5.92 Å². The van der Waals surface area contributed by atoms with Gasteiger partial charge in [-0.15, -0.1) is 0 Å². The smallest absolute Gasteiger partial charge is 0.224 e. The van der Waals surface area contributed by atoms with Gasteiger partial charge in [-0.3, -0.25) is 4.79 Å². The fraction of sp³-hybridized carbons (Fsp3) is 0.480. The fourth-order valence-electron chi connectivity index (χ4n) is 3.83. The molecule has 0 heterocycles. The Labute approximate surface area is 184 Å². The predicted molar refractivity (Wildman–Crippen MR) is 123 cm³/mol. The summed E-state index contributed by atoms with van der Waals surface area (Å²) in [4.78, 5) is 12.2. The number of hydrogen-bond acceptors (Lipinski definition) is 5. The van der Waals surface area contributed by atoms with Crippen molar-refractivity contribution in [3.8, 4) is 23.0 Å². The molecule has 1 atom stereocenters. The molecule has 0 aliphatic carbocycles. The maximum absolute atomic E-state index is 12.2. The molecule has 6 nitrogen and oxygen atoms in total. The van der Waals surface area contributed by atoms with Crippen LogP contribution >= 0.6 is 0 Å². The number of phenols is 4. The van der Waals surface area contributed by atoms with E-state index in [1.54, 1.807) is 6.92 Å². The van der Waals surface area contributed by atoms with Crippen LogP contribution in [0.5, 0.6) is 23.0 Å². The molecule has 2 aromatic carbocycles. The first-order valence-corrected chi connectivity index (χ1v) is 11.2. The first-order chi connectivity index (χ1) is 14.8. The Balaban J connectivity index is 2.12. The van der Waals surface area contributed by atoms with E-state index in [1.807, 2.05) is 6.92 Å². The fourth-order valence-corrected chi connectivity index (χ4v) is 3.83. The molecule has 2 rings (SSSR count). The lowest BCUT2D eigenvalue weighted by molar-refractivity contribution is -0.116. The molecule has 0 aliphatic rings. The summed E-state index contributed by atoms with van der Waals surface area (Å²) >= 11 is 0. The Morgan fingerprint density at radius 2 is 1.39 bits per heavy atom. The van der Waals surface area contributed by atoms with E-state index in [0.29, 0.717) is 29.5 Å². The molecule has 0 radical (unpaired) electrons. The minimum Gasteiger partial charge on any atom is -0.508 e. The van der Waals surface area contributed by atoms with Crippen molar-refractivity contribution in [1.82, 2.24) is 0 Å². The number of unbranched alkanes of at least 4 members (excludes halogenated alkanes) is 5. The normalized spacial score (nSPS) is 12.0. The Morgan fingerprint density at radius 1 is 0.806 bits per heavy atom. The quantitative estimate of drug-likeness (QED) is 0.170. The van der Waals surface area contributed by atoms with Gasteiger partial charge in [-0.05, 0) is 43.5 Å². The van der Waals surface area contributed by atoms with Crippen LogP contribution in [0.15, 0.2) is 24.3 Å². The summed E-state index contributed by atoms with van der Waals surface area (Å²) in [6.45, 7) is 5.73. The SMILES string of the molecule is CCCCCCCCC(=O)Nc1cc(O)c(C(CC)c2cc(O)c(C)cc2O)cc1O. The van der Waals surface area contributed by atoms with Crippen LogP contribution in [0.1, 0.15) is 87.8 Å². The van der Waals surface area contributed by atoms with Gasteiger partial charge in [0, 0.05) is 29.5 Å². The molecule has 0 fully saturated rings. The topological polar surface area (TPSA) is 110 Å². The molecule has 0 bridgehead atoms. The van der Waals surface area contributed by atoms with Crippen LogP contribution in [-0.2, 0) is 4.79 Å². The number of hydrogen-bond donors (Lipinski definition) is 5. The van der Waals surface area contributed by atoms with Crippen molar-refractivity contribution in [1.29, 1.82) is 0 Å². The van der Waals surface area contributed by atoms with Crippen LogP contribution in [0.4, 0.5) is 5.69 Å². The second-order valence-electron chi connectivity index (χ2n) is 8.15. The number of phenolic OH excluding ortho intramolecular Hbond substituents is 4. The van der Waals surface area contributed by atoms with Crippen LogP contribution in [0, 0.1) is 6.92 Å². The van der Waals surface area contributed by atoms with Crippen LogP contribution in [0.25, 0.3) is 0 Å². The highest BCUT2D eigenvalue weighted by molar-refractivity contribution is 5.92. The molecule has 2 aromatic rings. The highest BCUT2D eigenvalue weighted by atomic mass is 16.3. The molecule has 0 aliphatic heterocycles. The van der Waals surface area contributed by atoms with E-state index in [4.69, 9.17) is 0 Å². The van der Waals surface area contributed by atoms with E-state index in [9.17, 15) is 25.2 Å². The minimum absolute atomic E-state index is 0.0114. The summed E-state index contributed by atoms with van der Waals surface area (Å²) in [6.07, 6.45) is 7.36. The van der Waals surface area contributed by atoms with Crippen molar-refractivity contribution in [3.05, 3.63) is 41.0 Å². The first-order valence-electron chi connectivity index (χ1n) is 11.2. The molecule has 0 saturated heterocycles. The number of aryl methyl sites for hydroxylation is 1. The monoisotopic (exact) mass is 429 g/mol. The highest BCUT2D eigenvalue weighted by Gasteiger charge is 2.22. The molecule has 0 aromatic heterocycles. The molecule has 1 unspecified atom stereocenters. The summed E-state index contributed by atoms with van der Waals surface area (Å²) in [5.74, 6) is -0.834. The zero-order valence-electron chi connectivity index (χ0n) is 18.7. The third-order valence-electron chi connectivity index (χ3n) is 5.68. The van der Waals surface area contributed by atoms with E-state index >= 15 is 0 Å². The number of anilines is 1. The number of amides is 1. The van der Waals surface area contributed by atoms with Gasteiger partial charge in [0.15, 0.2) is 0 Å². The van der Waals surface area contributed by atoms with Crippen molar-refractivity contribution in [2.24, 2.45) is 0 Å². The van der Waals surface area contributed by atoms with Crippen molar-refractivity contribution < 1.29 is 25.2 Å². The van der Waals surface area contributed by atoms with Crippen molar-refractivity contribution in [3.63, 3.8) is 0 Å². The minimum atomic E-state index is -0.440. The molecule has 6 heteroatoms. The van der Waals surface area contributed by atoms with Crippen LogP contribution in [0.3, 0.4) is 0 Å². The summed E-state index contributed by atoms with van der Waals surface area (Å²) in [6, 6.07) is 5.68. The van der Waals surface area contributed by atoms with Crippen molar-refractivity contribution >= 4 is 11.6 Å². The molecule has 5 N–H and O–H groups in total. The maximum atomic E-state index is 12.2. The third kappa shape index (κ3) is 6.54. The maximum Gasteiger partial charge on any atom is 0.224 e. The Morgan fingerprint density at radius 3 is 2.03 bits per heavy atom. The van der Waals surface area contributed by atoms with Crippen LogP contribution in [0.2, 0.25) is 0 Å². The molecule has 1 amide bonds. The van der Waals surface area contributed by atoms with Gasteiger partial charge in [0.05, 0.1) is 5.69 Å². The zero-order chi connectivity index (χ0) is 23.0. The molecular weight excluding hydrogens is 394 g/mol. The summed E-state index contributed by atoms with van der Waals surface area (Å²) in [5.41, 5.74) is 1.57. The summed E-state index contributed by atoms with van der Waals surface area (Å²) in [5, 5.41) is 44.1. The van der Waals surface area contributed by atoms with Gasteiger partial charge < -0.3 is 25.7 Å². The predicted octanol–water partition coefficient (Wildman–Crippen LogP) is 6.05. The number of aromatic hydroxyl groups is 4. The highest BCUT2D eigenvalue weighted by Crippen LogP contribution is 2.43. The molecule has 31 heavy (non-hydrogen) atoms. The lowest BCUT2D eigenvalue weighted by Crippen LogP contribution is -2.11. The van der Waals surface area contributed by atoms with Gasteiger partial charge in [0.2, 0.25) is 5.91 Å². The number of carbonyl (C=O) groups excluding carboxylic acids is 1. The lowest BCUT2D eigenvalue weighted by Gasteiger charge is -2.21. The van der Waals surface area contributed by atoms with Crippen LogP contribution in [-0.4, -0.2) is 26.3 Å². The summed E-state index contributed by atoms with van der Waals surface area (Å²) < 4.78 is 0. The van der Waals surface area contributed by atoms with E-state index in [1.165, 1.54) is 43.5 Å². The Hall–Kier alpha value is -2.89. The van der Waals surface area contributed by atoms with Gasteiger partial charge in [-0.2, -0.15) is 0 Å². The zero-order valence-corrected chi connectivity index (χ0v) is 18.7. The molecule has 0 saturated carbocycles. The molecule has 170 valence electrons. The first kappa shape index (κ1) is 24.4. The Bertz CT molecular complexity index is 894. The van der Waals surface area contributed by atoms with E-state index in [-0.39, 0.29) is 34.6 Å². The second kappa shape index (κ2) is 11.5. The van der Waals surface area contributed by atoms with E-state index in [0.717, 1.165) is 19.3 Å². The number of carbonyl (C=O) groups is 1.